The van der Waals surface area contributed by atoms with Crippen LogP contribution in [0.2, 0.25) is 0 Å². The topological polar surface area (TPSA) is 9.23 Å². The molecule has 0 radical (unpaired) electrons. The third-order valence-corrected chi connectivity index (χ3v) is 3.30. The molecule has 0 saturated carbocycles. The first-order valence-corrected chi connectivity index (χ1v) is 6.44. The molecule has 0 aromatic heterocycles. The Morgan fingerprint density at radius 2 is 1.33 bits per heavy atom. The number of hydrogen-bond acceptors (Lipinski definition) is 1. The average Bonchev–Trinajstić information content (AvgIpc) is 2.38. The van der Waals surface area contributed by atoms with Crippen LogP contribution in [-0.2, 0) is 17.8 Å². The highest BCUT2D eigenvalue weighted by Crippen LogP contribution is 2.10. The maximum atomic E-state index is 5.76. The van der Waals surface area contributed by atoms with Gasteiger partial charge in [0, 0.05) is 0 Å². The van der Waals surface area contributed by atoms with E-state index >= 15 is 0 Å². The highest BCUT2D eigenvalue weighted by atomic mass is 16.5. The van der Waals surface area contributed by atoms with Crippen molar-refractivity contribution < 1.29 is 4.74 Å². The van der Waals surface area contributed by atoms with E-state index in [4.69, 9.17) is 4.74 Å². The fraction of sp³-hybridized carbons (Fsp3) is 0.294. The van der Waals surface area contributed by atoms with Crippen molar-refractivity contribution in [3.05, 3.63) is 70.8 Å². The Morgan fingerprint density at radius 1 is 0.778 bits per heavy atom. The number of aryl methyl sites for hydroxylation is 2. The molecule has 0 heterocycles. The molecule has 94 valence electrons. The Morgan fingerprint density at radius 3 is 1.94 bits per heavy atom. The van der Waals surface area contributed by atoms with E-state index in [1.165, 1.54) is 22.3 Å². The lowest BCUT2D eigenvalue weighted by Gasteiger charge is -2.08. The molecule has 0 aliphatic heterocycles. The first kappa shape index (κ1) is 12.8. The second-order valence-corrected chi connectivity index (χ2v) is 4.66. The zero-order valence-corrected chi connectivity index (χ0v) is 11.1. The van der Waals surface area contributed by atoms with Crippen LogP contribution in [0.1, 0.15) is 22.3 Å². The first-order valence-electron chi connectivity index (χ1n) is 6.44. The van der Waals surface area contributed by atoms with E-state index in [9.17, 15) is 0 Å². The van der Waals surface area contributed by atoms with Gasteiger partial charge in [-0.25, -0.2) is 0 Å². The number of hydrogen-bond donors (Lipinski definition) is 0. The van der Waals surface area contributed by atoms with Crippen LogP contribution in [0, 0.1) is 13.8 Å². The van der Waals surface area contributed by atoms with Gasteiger partial charge >= 0.3 is 0 Å². The van der Waals surface area contributed by atoms with Crippen molar-refractivity contribution in [2.45, 2.75) is 26.9 Å². The van der Waals surface area contributed by atoms with Gasteiger partial charge in [0.2, 0.25) is 0 Å². The van der Waals surface area contributed by atoms with Crippen LogP contribution >= 0.6 is 0 Å². The summed E-state index contributed by atoms with van der Waals surface area (Å²) in [6.07, 6.45) is 0.985. The van der Waals surface area contributed by atoms with Gasteiger partial charge in [0.05, 0.1) is 13.2 Å². The van der Waals surface area contributed by atoms with E-state index in [-0.39, 0.29) is 0 Å². The summed E-state index contributed by atoms with van der Waals surface area (Å²) in [6.45, 7) is 5.76. The second kappa shape index (κ2) is 6.36. The van der Waals surface area contributed by atoms with Crippen molar-refractivity contribution in [3.8, 4) is 0 Å². The number of rotatable bonds is 5. The fourth-order valence-electron chi connectivity index (χ4n) is 2.03. The molecular weight excluding hydrogens is 220 g/mol. The summed E-state index contributed by atoms with van der Waals surface area (Å²) in [5, 5.41) is 0. The van der Waals surface area contributed by atoms with E-state index in [0.717, 1.165) is 13.0 Å². The zero-order chi connectivity index (χ0) is 12.8. The summed E-state index contributed by atoms with van der Waals surface area (Å²) < 4.78 is 5.76. The molecule has 0 spiro atoms. The van der Waals surface area contributed by atoms with Gasteiger partial charge in [0.15, 0.2) is 0 Å². The highest BCUT2D eigenvalue weighted by Gasteiger charge is 1.99. The van der Waals surface area contributed by atoms with Gasteiger partial charge in [0.25, 0.3) is 0 Å². The fourth-order valence-corrected chi connectivity index (χ4v) is 2.03. The molecule has 1 heteroatoms. The molecule has 2 aromatic rings. The predicted molar refractivity (Wildman–Crippen MR) is 75.7 cm³/mol. The number of benzene rings is 2. The first-order chi connectivity index (χ1) is 8.77. The monoisotopic (exact) mass is 240 g/mol. The van der Waals surface area contributed by atoms with E-state index in [1.54, 1.807) is 0 Å². The van der Waals surface area contributed by atoms with Crippen LogP contribution in [0.15, 0.2) is 48.5 Å². The van der Waals surface area contributed by atoms with Gasteiger partial charge in [-0.1, -0.05) is 48.5 Å². The molecule has 0 atom stereocenters. The van der Waals surface area contributed by atoms with E-state index in [1.807, 2.05) is 0 Å². The van der Waals surface area contributed by atoms with E-state index in [0.29, 0.717) is 6.61 Å². The quantitative estimate of drug-likeness (QED) is 0.716. The molecule has 0 aliphatic rings. The lowest BCUT2D eigenvalue weighted by molar-refractivity contribution is 0.123. The van der Waals surface area contributed by atoms with Crippen molar-refractivity contribution >= 4 is 0 Å². The Labute approximate surface area is 109 Å². The summed E-state index contributed by atoms with van der Waals surface area (Å²) in [4.78, 5) is 0. The largest absolute Gasteiger partial charge is 0.376 e. The summed E-state index contributed by atoms with van der Waals surface area (Å²) in [5.41, 5.74) is 5.30. The minimum Gasteiger partial charge on any atom is -0.376 e. The molecule has 0 N–H and O–H groups in total. The molecule has 0 aliphatic carbocycles. The van der Waals surface area contributed by atoms with Gasteiger partial charge in [0.1, 0.15) is 0 Å². The lowest BCUT2D eigenvalue weighted by Crippen LogP contribution is -2.01. The van der Waals surface area contributed by atoms with E-state index < -0.39 is 0 Å². The third-order valence-electron chi connectivity index (χ3n) is 3.30. The number of ether oxygens (including phenoxy) is 1. The molecule has 0 bridgehead atoms. The Hall–Kier alpha value is -1.60. The minimum atomic E-state index is 0.707. The summed E-state index contributed by atoms with van der Waals surface area (Å²) in [6, 6.07) is 16.9. The SMILES string of the molecule is Cc1ccccc1CCOCc1ccccc1C. The van der Waals surface area contributed by atoms with Gasteiger partial charge in [-0.2, -0.15) is 0 Å². The van der Waals surface area contributed by atoms with Crippen LogP contribution in [-0.4, -0.2) is 6.61 Å². The Kier molecular flexibility index (Phi) is 4.54. The van der Waals surface area contributed by atoms with Gasteiger partial charge < -0.3 is 4.74 Å². The normalized spacial score (nSPS) is 10.6. The van der Waals surface area contributed by atoms with Gasteiger partial charge in [-0.3, -0.25) is 0 Å². The van der Waals surface area contributed by atoms with Gasteiger partial charge in [-0.15, -0.1) is 0 Å². The van der Waals surface area contributed by atoms with Crippen LogP contribution in [0.3, 0.4) is 0 Å². The van der Waals surface area contributed by atoms with Crippen molar-refractivity contribution in [1.29, 1.82) is 0 Å². The van der Waals surface area contributed by atoms with Crippen LogP contribution in [0.5, 0.6) is 0 Å². The van der Waals surface area contributed by atoms with Crippen molar-refractivity contribution in [3.63, 3.8) is 0 Å². The summed E-state index contributed by atoms with van der Waals surface area (Å²) in [7, 11) is 0. The lowest BCUT2D eigenvalue weighted by atomic mass is 10.1. The third kappa shape index (κ3) is 3.44. The molecule has 18 heavy (non-hydrogen) atoms. The maximum Gasteiger partial charge on any atom is 0.0719 e. The maximum absolute atomic E-state index is 5.76. The Balaban J connectivity index is 1.80. The molecule has 2 aromatic carbocycles. The smallest absolute Gasteiger partial charge is 0.0719 e. The molecule has 0 saturated heterocycles. The molecule has 0 fully saturated rings. The predicted octanol–water partition coefficient (Wildman–Crippen LogP) is 4.06. The molecule has 2 rings (SSSR count). The standard InChI is InChI=1S/C17H20O/c1-14-7-3-5-9-16(14)11-12-18-13-17-10-6-4-8-15(17)2/h3-10H,11-13H2,1-2H3. The van der Waals surface area contributed by atoms with Crippen LogP contribution < -0.4 is 0 Å². The van der Waals surface area contributed by atoms with Crippen molar-refractivity contribution in [2.75, 3.05) is 6.61 Å². The van der Waals surface area contributed by atoms with Gasteiger partial charge in [-0.05, 0) is 42.5 Å². The molecule has 0 amide bonds. The average molecular weight is 240 g/mol. The van der Waals surface area contributed by atoms with Crippen LogP contribution in [0.25, 0.3) is 0 Å². The minimum absolute atomic E-state index is 0.707. The summed E-state index contributed by atoms with van der Waals surface area (Å²) in [5.74, 6) is 0. The van der Waals surface area contributed by atoms with Crippen molar-refractivity contribution in [1.82, 2.24) is 0 Å². The van der Waals surface area contributed by atoms with Crippen molar-refractivity contribution in [2.24, 2.45) is 0 Å². The second-order valence-electron chi connectivity index (χ2n) is 4.66. The molecule has 0 unspecified atom stereocenters. The Bertz CT molecular complexity index is 455. The molecule has 1 nitrogen and oxygen atoms in total. The van der Waals surface area contributed by atoms with Crippen LogP contribution in [0.4, 0.5) is 0 Å². The molecular formula is C17H20O. The highest BCUT2D eigenvalue weighted by molar-refractivity contribution is 5.26. The van der Waals surface area contributed by atoms with E-state index in [2.05, 4.69) is 62.4 Å². The zero-order valence-electron chi connectivity index (χ0n) is 11.1. The summed E-state index contributed by atoms with van der Waals surface area (Å²) >= 11 is 0.